The molecule has 1 aromatic heterocycles. The van der Waals surface area contributed by atoms with Crippen LogP contribution in [0.3, 0.4) is 0 Å². The van der Waals surface area contributed by atoms with E-state index in [0.717, 1.165) is 36.3 Å². The van der Waals surface area contributed by atoms with E-state index < -0.39 is 0 Å². The number of aryl methyl sites for hydroxylation is 3. The van der Waals surface area contributed by atoms with Gasteiger partial charge in [-0.3, -0.25) is 4.99 Å². The minimum atomic E-state index is 0. The number of halogens is 1. The average Bonchev–Trinajstić information content (AvgIpc) is 2.93. The number of hydrogen-bond acceptors (Lipinski definition) is 4. The van der Waals surface area contributed by atoms with Crippen LogP contribution in [0.4, 0.5) is 0 Å². The average molecular weight is 486 g/mol. The fourth-order valence-electron chi connectivity index (χ4n) is 3.21. The first-order valence-electron chi connectivity index (χ1n) is 8.64. The second-order valence-corrected chi connectivity index (χ2v) is 7.59. The van der Waals surface area contributed by atoms with Crippen molar-refractivity contribution in [3.8, 4) is 0 Å². The van der Waals surface area contributed by atoms with Gasteiger partial charge in [-0.15, -0.1) is 35.3 Å². The number of guanidine groups is 1. The molecule has 1 saturated heterocycles. The van der Waals surface area contributed by atoms with Crippen LogP contribution >= 0.6 is 35.3 Å². The zero-order valence-corrected chi connectivity index (χ0v) is 18.9. The standard InChI is InChI=1S/C19H26N4OS.HI/c1-13-7-5-6-8-16(13)17-12-23(9-10-24-17)19(20-4)21-11-18-14(2)22-15(3)25-18;/h5-8,17H,9-12H2,1-4H3,(H,20,21);1H. The van der Waals surface area contributed by atoms with Crippen molar-refractivity contribution >= 4 is 41.3 Å². The highest BCUT2D eigenvalue weighted by Crippen LogP contribution is 2.25. The van der Waals surface area contributed by atoms with Gasteiger partial charge in [-0.05, 0) is 31.9 Å². The van der Waals surface area contributed by atoms with Gasteiger partial charge in [-0.25, -0.2) is 4.98 Å². The van der Waals surface area contributed by atoms with Crippen molar-refractivity contribution in [2.75, 3.05) is 26.7 Å². The third kappa shape index (κ3) is 4.95. The molecule has 5 nitrogen and oxygen atoms in total. The molecule has 0 aliphatic carbocycles. The van der Waals surface area contributed by atoms with Gasteiger partial charge in [0.1, 0.15) is 6.10 Å². The van der Waals surface area contributed by atoms with E-state index in [0.29, 0.717) is 6.61 Å². The summed E-state index contributed by atoms with van der Waals surface area (Å²) in [6, 6.07) is 8.44. The van der Waals surface area contributed by atoms with Gasteiger partial charge < -0.3 is 15.0 Å². The third-order valence-corrected chi connectivity index (χ3v) is 5.59. The lowest BCUT2D eigenvalue weighted by molar-refractivity contribution is -0.00833. The Morgan fingerprint density at radius 2 is 2.12 bits per heavy atom. The van der Waals surface area contributed by atoms with E-state index in [9.17, 15) is 0 Å². The number of thiazole rings is 1. The molecule has 2 heterocycles. The van der Waals surface area contributed by atoms with Gasteiger partial charge in [-0.2, -0.15) is 0 Å². The molecular formula is C19H27IN4OS. The van der Waals surface area contributed by atoms with Crippen LogP contribution in [0, 0.1) is 20.8 Å². The van der Waals surface area contributed by atoms with Crippen LogP contribution in [0.2, 0.25) is 0 Å². The number of rotatable bonds is 3. The van der Waals surface area contributed by atoms with E-state index in [1.807, 2.05) is 14.0 Å². The van der Waals surface area contributed by atoms with Crippen molar-refractivity contribution < 1.29 is 4.74 Å². The minimum Gasteiger partial charge on any atom is -0.370 e. The largest absolute Gasteiger partial charge is 0.370 e. The fraction of sp³-hybridized carbons (Fsp3) is 0.474. The predicted octanol–water partition coefficient (Wildman–Crippen LogP) is 3.84. The molecule has 26 heavy (non-hydrogen) atoms. The lowest BCUT2D eigenvalue weighted by Gasteiger charge is -2.35. The SMILES string of the molecule is CN=C(NCc1sc(C)nc1C)N1CCOC(c2ccccc2C)C1.I. The van der Waals surface area contributed by atoms with Crippen LogP contribution in [0.15, 0.2) is 29.3 Å². The van der Waals surface area contributed by atoms with E-state index in [1.54, 1.807) is 11.3 Å². The molecule has 1 N–H and O–H groups in total. The van der Waals surface area contributed by atoms with Gasteiger partial charge in [0.05, 0.1) is 30.4 Å². The van der Waals surface area contributed by atoms with E-state index >= 15 is 0 Å². The van der Waals surface area contributed by atoms with E-state index in [2.05, 4.69) is 58.3 Å². The smallest absolute Gasteiger partial charge is 0.194 e. The molecule has 1 aliphatic heterocycles. The predicted molar refractivity (Wildman–Crippen MR) is 119 cm³/mol. The molecule has 0 spiro atoms. The number of ether oxygens (including phenoxy) is 1. The molecule has 1 aliphatic rings. The van der Waals surface area contributed by atoms with Gasteiger partial charge in [-0.1, -0.05) is 24.3 Å². The molecule has 0 amide bonds. The zero-order valence-electron chi connectivity index (χ0n) is 15.8. The number of nitrogens with one attached hydrogen (secondary N) is 1. The Morgan fingerprint density at radius 3 is 2.77 bits per heavy atom. The first-order chi connectivity index (χ1) is 12.1. The maximum Gasteiger partial charge on any atom is 0.194 e. The summed E-state index contributed by atoms with van der Waals surface area (Å²) in [5.74, 6) is 0.923. The lowest BCUT2D eigenvalue weighted by Crippen LogP contribution is -2.48. The maximum absolute atomic E-state index is 6.02. The number of hydrogen-bond donors (Lipinski definition) is 1. The number of aromatic nitrogens is 1. The van der Waals surface area contributed by atoms with E-state index in [1.165, 1.54) is 16.0 Å². The van der Waals surface area contributed by atoms with Gasteiger partial charge in [0.25, 0.3) is 0 Å². The van der Waals surface area contributed by atoms with Crippen LogP contribution in [0.5, 0.6) is 0 Å². The molecule has 1 atom stereocenters. The highest BCUT2D eigenvalue weighted by molar-refractivity contribution is 14.0. The van der Waals surface area contributed by atoms with Crippen LogP contribution in [0.25, 0.3) is 0 Å². The van der Waals surface area contributed by atoms with Crippen LogP contribution < -0.4 is 5.32 Å². The monoisotopic (exact) mass is 486 g/mol. The summed E-state index contributed by atoms with van der Waals surface area (Å²) < 4.78 is 6.02. The fourth-order valence-corrected chi connectivity index (χ4v) is 4.08. The summed E-state index contributed by atoms with van der Waals surface area (Å²) in [5, 5.41) is 4.59. The molecule has 1 aromatic carbocycles. The number of aliphatic imine (C=N–C) groups is 1. The van der Waals surface area contributed by atoms with Crippen molar-refractivity contribution in [2.45, 2.75) is 33.4 Å². The molecule has 0 bridgehead atoms. The lowest BCUT2D eigenvalue weighted by atomic mass is 10.0. The second-order valence-electron chi connectivity index (χ2n) is 6.30. The number of nitrogens with zero attached hydrogens (tertiary/aromatic N) is 3. The van der Waals surface area contributed by atoms with Gasteiger partial charge in [0.2, 0.25) is 0 Å². The molecular weight excluding hydrogens is 459 g/mol. The highest BCUT2D eigenvalue weighted by Gasteiger charge is 2.25. The minimum absolute atomic E-state index is 0. The van der Waals surface area contributed by atoms with Crippen molar-refractivity contribution in [2.24, 2.45) is 4.99 Å². The van der Waals surface area contributed by atoms with E-state index in [-0.39, 0.29) is 30.1 Å². The Morgan fingerprint density at radius 1 is 1.35 bits per heavy atom. The van der Waals surface area contributed by atoms with Gasteiger partial charge >= 0.3 is 0 Å². The maximum atomic E-state index is 6.02. The van der Waals surface area contributed by atoms with Gasteiger partial charge in [0.15, 0.2) is 5.96 Å². The second kappa shape index (κ2) is 9.66. The van der Waals surface area contributed by atoms with Crippen LogP contribution in [0.1, 0.15) is 32.8 Å². The van der Waals surface area contributed by atoms with Crippen LogP contribution in [-0.4, -0.2) is 42.6 Å². The zero-order chi connectivity index (χ0) is 17.8. The Balaban J connectivity index is 0.00000243. The molecule has 1 fully saturated rings. The van der Waals surface area contributed by atoms with E-state index in [4.69, 9.17) is 4.74 Å². The normalized spacial score (nSPS) is 17.8. The van der Waals surface area contributed by atoms with Crippen LogP contribution in [-0.2, 0) is 11.3 Å². The Bertz CT molecular complexity index is 762. The Labute approximate surface area is 176 Å². The summed E-state index contributed by atoms with van der Waals surface area (Å²) in [6.45, 7) is 9.37. The third-order valence-electron chi connectivity index (χ3n) is 4.52. The number of morpholine rings is 1. The highest BCUT2D eigenvalue weighted by atomic mass is 127. The Kier molecular flexibility index (Phi) is 7.85. The topological polar surface area (TPSA) is 49.8 Å². The molecule has 1 unspecified atom stereocenters. The quantitative estimate of drug-likeness (QED) is 0.407. The summed E-state index contributed by atoms with van der Waals surface area (Å²) in [4.78, 5) is 12.5. The number of benzene rings is 1. The molecule has 2 aromatic rings. The summed E-state index contributed by atoms with van der Waals surface area (Å²) in [6.07, 6.45) is 0.0842. The van der Waals surface area contributed by atoms with Gasteiger partial charge in [0, 0.05) is 18.5 Å². The summed E-state index contributed by atoms with van der Waals surface area (Å²) in [5.41, 5.74) is 3.63. The molecule has 142 valence electrons. The first-order valence-corrected chi connectivity index (χ1v) is 9.45. The Hall–Kier alpha value is -1.19. The van der Waals surface area contributed by atoms with Crippen molar-refractivity contribution in [1.82, 2.24) is 15.2 Å². The van der Waals surface area contributed by atoms with Crippen molar-refractivity contribution in [1.29, 1.82) is 0 Å². The van der Waals surface area contributed by atoms with Crippen molar-refractivity contribution in [3.05, 3.63) is 51.0 Å². The first kappa shape index (κ1) is 21.1. The molecule has 7 heteroatoms. The molecule has 3 rings (SSSR count). The summed E-state index contributed by atoms with van der Waals surface area (Å²) in [7, 11) is 1.84. The van der Waals surface area contributed by atoms with Crippen molar-refractivity contribution in [3.63, 3.8) is 0 Å². The molecule has 0 radical (unpaired) electrons. The molecule has 0 saturated carbocycles. The summed E-state index contributed by atoms with van der Waals surface area (Å²) >= 11 is 1.74.